The zero-order valence-corrected chi connectivity index (χ0v) is 13.4. The number of hydrogen-bond donors (Lipinski definition) is 1. The Morgan fingerprint density at radius 2 is 2.14 bits per heavy atom. The highest BCUT2D eigenvalue weighted by atomic mass is 35.5. The van der Waals surface area contributed by atoms with Crippen molar-refractivity contribution in [2.24, 2.45) is 0 Å². The maximum atomic E-state index is 12.3. The van der Waals surface area contributed by atoms with Gasteiger partial charge in [-0.3, -0.25) is 0 Å². The van der Waals surface area contributed by atoms with Gasteiger partial charge in [0.1, 0.15) is 0 Å². The summed E-state index contributed by atoms with van der Waals surface area (Å²) >= 11 is 7.22. The van der Waals surface area contributed by atoms with Crippen molar-refractivity contribution >= 4 is 38.7 Å². The summed E-state index contributed by atoms with van der Waals surface area (Å²) in [5.74, 6) is -1.43. The number of carboxylic acid groups (broad SMARTS) is 1. The van der Waals surface area contributed by atoms with Crippen LogP contribution in [0.3, 0.4) is 0 Å². The van der Waals surface area contributed by atoms with E-state index in [1.165, 1.54) is 23.5 Å². The average Bonchev–Trinajstić information content (AvgIpc) is 2.85. The SMILES string of the molecule is CCc1nc(CS(=O)(=O)c2ccc(C(=O)O)c(Cl)c2)cs1. The molecule has 0 atom stereocenters. The standard InChI is InChI=1S/C13H12ClNO4S2/c1-2-12-15-8(6-20-12)7-21(18,19)9-3-4-10(13(16)17)11(14)5-9/h3-6H,2,7H2,1H3,(H,16,17). The van der Waals surface area contributed by atoms with Crippen LogP contribution >= 0.6 is 22.9 Å². The lowest BCUT2D eigenvalue weighted by molar-refractivity contribution is 0.0697. The molecular formula is C13H12ClNO4S2. The highest BCUT2D eigenvalue weighted by molar-refractivity contribution is 7.90. The van der Waals surface area contributed by atoms with Gasteiger partial charge in [-0.2, -0.15) is 0 Å². The first-order chi connectivity index (χ1) is 9.83. The number of rotatable bonds is 5. The van der Waals surface area contributed by atoms with Crippen LogP contribution in [0.4, 0.5) is 0 Å². The molecule has 0 aliphatic carbocycles. The molecule has 0 amide bonds. The predicted octanol–water partition coefficient (Wildman–Crippen LogP) is 3.03. The van der Waals surface area contributed by atoms with Gasteiger partial charge in [-0.05, 0) is 24.6 Å². The quantitative estimate of drug-likeness (QED) is 0.900. The summed E-state index contributed by atoms with van der Waals surface area (Å²) in [7, 11) is -3.61. The van der Waals surface area contributed by atoms with Gasteiger partial charge in [-0.1, -0.05) is 18.5 Å². The van der Waals surface area contributed by atoms with Crippen molar-refractivity contribution in [2.45, 2.75) is 24.0 Å². The van der Waals surface area contributed by atoms with E-state index in [-0.39, 0.29) is 21.2 Å². The van der Waals surface area contributed by atoms with Gasteiger partial charge < -0.3 is 5.11 Å². The summed E-state index contributed by atoms with van der Waals surface area (Å²) in [5.41, 5.74) is 0.354. The summed E-state index contributed by atoms with van der Waals surface area (Å²) in [6.07, 6.45) is 0.754. The topological polar surface area (TPSA) is 84.3 Å². The normalized spacial score (nSPS) is 11.5. The molecule has 8 heteroatoms. The van der Waals surface area contributed by atoms with Crippen molar-refractivity contribution in [3.8, 4) is 0 Å². The first-order valence-electron chi connectivity index (χ1n) is 6.02. The van der Waals surface area contributed by atoms with Gasteiger partial charge >= 0.3 is 5.97 Å². The van der Waals surface area contributed by atoms with Gasteiger partial charge in [0.2, 0.25) is 0 Å². The van der Waals surface area contributed by atoms with E-state index in [2.05, 4.69) is 4.98 Å². The smallest absolute Gasteiger partial charge is 0.337 e. The Labute approximate surface area is 131 Å². The van der Waals surface area contributed by atoms with Crippen molar-refractivity contribution in [3.05, 3.63) is 44.9 Å². The fourth-order valence-corrected chi connectivity index (χ4v) is 4.17. The molecule has 0 aliphatic heterocycles. The third-order valence-corrected chi connectivity index (χ3v) is 5.77. The lowest BCUT2D eigenvalue weighted by atomic mass is 10.2. The lowest BCUT2D eigenvalue weighted by Gasteiger charge is -2.05. The van der Waals surface area contributed by atoms with Crippen molar-refractivity contribution in [1.29, 1.82) is 0 Å². The van der Waals surface area contributed by atoms with Gasteiger partial charge in [0, 0.05) is 5.38 Å². The molecule has 0 fully saturated rings. The monoisotopic (exact) mass is 345 g/mol. The number of halogens is 1. The summed E-state index contributed by atoms with van der Waals surface area (Å²) < 4.78 is 24.6. The summed E-state index contributed by atoms with van der Waals surface area (Å²) in [5, 5.41) is 11.4. The third-order valence-electron chi connectivity index (χ3n) is 2.77. The predicted molar refractivity (Wildman–Crippen MR) is 80.8 cm³/mol. The summed E-state index contributed by atoms with van der Waals surface area (Å²) in [4.78, 5) is 15.1. The molecule has 1 aromatic carbocycles. The fourth-order valence-electron chi connectivity index (χ4n) is 1.72. The van der Waals surface area contributed by atoms with Crippen LogP contribution in [0.1, 0.15) is 28.0 Å². The Bertz CT molecular complexity index is 783. The van der Waals surface area contributed by atoms with E-state index in [0.29, 0.717) is 5.69 Å². The van der Waals surface area contributed by atoms with Crippen molar-refractivity contribution in [2.75, 3.05) is 0 Å². The number of aryl methyl sites for hydroxylation is 1. The minimum atomic E-state index is -3.61. The Kier molecular flexibility index (Phi) is 4.65. The molecule has 0 unspecified atom stereocenters. The Balaban J connectivity index is 2.31. The molecule has 2 aromatic rings. The number of aromatic carboxylic acids is 1. The number of carbonyl (C=O) groups is 1. The second-order valence-electron chi connectivity index (χ2n) is 4.29. The zero-order chi connectivity index (χ0) is 15.6. The number of sulfone groups is 1. The van der Waals surface area contributed by atoms with E-state index < -0.39 is 15.8 Å². The van der Waals surface area contributed by atoms with E-state index in [9.17, 15) is 13.2 Å². The molecule has 2 rings (SSSR count). The number of aromatic nitrogens is 1. The Hall–Kier alpha value is -1.44. The Morgan fingerprint density at radius 1 is 1.43 bits per heavy atom. The molecule has 0 saturated carbocycles. The van der Waals surface area contributed by atoms with Crippen LogP contribution in [-0.4, -0.2) is 24.5 Å². The van der Waals surface area contributed by atoms with Crippen LogP contribution in [0.2, 0.25) is 5.02 Å². The molecular weight excluding hydrogens is 334 g/mol. The average molecular weight is 346 g/mol. The van der Waals surface area contributed by atoms with E-state index >= 15 is 0 Å². The van der Waals surface area contributed by atoms with E-state index in [0.717, 1.165) is 17.5 Å². The number of benzene rings is 1. The first kappa shape index (κ1) is 15.9. The maximum Gasteiger partial charge on any atom is 0.337 e. The zero-order valence-electron chi connectivity index (χ0n) is 11.0. The number of thiazole rings is 1. The second kappa shape index (κ2) is 6.13. The third kappa shape index (κ3) is 3.61. The number of carboxylic acids is 1. The molecule has 0 spiro atoms. The Morgan fingerprint density at radius 3 is 2.67 bits per heavy atom. The van der Waals surface area contributed by atoms with Crippen LogP contribution in [-0.2, 0) is 22.0 Å². The molecule has 1 N–H and O–H groups in total. The minimum Gasteiger partial charge on any atom is -0.478 e. The van der Waals surface area contributed by atoms with Gasteiger partial charge in [0.05, 0.1) is 31.9 Å². The van der Waals surface area contributed by atoms with Crippen molar-refractivity contribution in [1.82, 2.24) is 4.98 Å². The van der Waals surface area contributed by atoms with Crippen LogP contribution in [0, 0.1) is 0 Å². The van der Waals surface area contributed by atoms with Crippen LogP contribution in [0.15, 0.2) is 28.5 Å². The second-order valence-corrected chi connectivity index (χ2v) is 7.63. The van der Waals surface area contributed by atoms with Gasteiger partial charge in [0.25, 0.3) is 0 Å². The summed E-state index contributed by atoms with van der Waals surface area (Å²) in [6.45, 7) is 1.95. The first-order valence-corrected chi connectivity index (χ1v) is 8.93. The maximum absolute atomic E-state index is 12.3. The van der Waals surface area contributed by atoms with E-state index in [1.54, 1.807) is 5.38 Å². The van der Waals surface area contributed by atoms with Crippen molar-refractivity contribution in [3.63, 3.8) is 0 Å². The van der Waals surface area contributed by atoms with Crippen LogP contribution in [0.5, 0.6) is 0 Å². The van der Waals surface area contributed by atoms with Gasteiger partial charge in [-0.25, -0.2) is 18.2 Å². The number of nitrogens with zero attached hydrogens (tertiary/aromatic N) is 1. The van der Waals surface area contributed by atoms with Crippen molar-refractivity contribution < 1.29 is 18.3 Å². The molecule has 0 bridgehead atoms. The highest BCUT2D eigenvalue weighted by Crippen LogP contribution is 2.24. The lowest BCUT2D eigenvalue weighted by Crippen LogP contribution is -2.07. The molecule has 21 heavy (non-hydrogen) atoms. The fraction of sp³-hybridized carbons (Fsp3) is 0.231. The van der Waals surface area contributed by atoms with Crippen LogP contribution < -0.4 is 0 Å². The van der Waals surface area contributed by atoms with Crippen LogP contribution in [0.25, 0.3) is 0 Å². The van der Waals surface area contributed by atoms with E-state index in [1.807, 2.05) is 6.92 Å². The molecule has 0 radical (unpaired) electrons. The molecule has 112 valence electrons. The minimum absolute atomic E-state index is 0.0106. The van der Waals surface area contributed by atoms with Gasteiger partial charge in [-0.15, -0.1) is 11.3 Å². The van der Waals surface area contributed by atoms with Gasteiger partial charge in [0.15, 0.2) is 9.84 Å². The largest absolute Gasteiger partial charge is 0.478 e. The summed E-state index contributed by atoms with van der Waals surface area (Å²) in [6, 6.07) is 3.60. The van der Waals surface area contributed by atoms with E-state index in [4.69, 9.17) is 16.7 Å². The highest BCUT2D eigenvalue weighted by Gasteiger charge is 2.19. The molecule has 1 aromatic heterocycles. The molecule has 0 aliphatic rings. The molecule has 0 saturated heterocycles. The number of hydrogen-bond acceptors (Lipinski definition) is 5. The molecule has 5 nitrogen and oxygen atoms in total. The molecule has 1 heterocycles.